The minimum absolute atomic E-state index is 0.0529. The third-order valence-electron chi connectivity index (χ3n) is 2.27. The van der Waals surface area contributed by atoms with E-state index in [0.29, 0.717) is 0 Å². The van der Waals surface area contributed by atoms with Crippen LogP contribution in [-0.2, 0) is 0 Å². The van der Waals surface area contributed by atoms with Crippen LogP contribution in [0.15, 0.2) is 35.3 Å². The summed E-state index contributed by atoms with van der Waals surface area (Å²) in [7, 11) is 0. The Bertz CT molecular complexity index is 516. The summed E-state index contributed by atoms with van der Waals surface area (Å²) in [5, 5.41) is 0.911. The summed E-state index contributed by atoms with van der Waals surface area (Å²) in [4.78, 5) is 14.5. The van der Waals surface area contributed by atoms with Crippen LogP contribution in [-0.4, -0.2) is 4.98 Å². The van der Waals surface area contributed by atoms with Crippen LogP contribution in [0, 0.1) is 0 Å². The molecule has 3 heteroatoms. The second-order valence-corrected chi connectivity index (χ2v) is 4.10. The van der Waals surface area contributed by atoms with Gasteiger partial charge in [-0.1, -0.05) is 6.07 Å². The van der Waals surface area contributed by atoms with Gasteiger partial charge in [0.05, 0.1) is 0 Å². The van der Waals surface area contributed by atoms with Crippen LogP contribution in [0.4, 0.5) is 0 Å². The first-order valence-corrected chi connectivity index (χ1v) is 4.99. The molecule has 1 heterocycles. The number of pyridine rings is 1. The molecule has 1 N–H and O–H groups in total. The summed E-state index contributed by atoms with van der Waals surface area (Å²) >= 11 is 4.35. The van der Waals surface area contributed by atoms with Gasteiger partial charge >= 0.3 is 0 Å². The van der Waals surface area contributed by atoms with Crippen LogP contribution < -0.4 is 5.43 Å². The van der Waals surface area contributed by atoms with Gasteiger partial charge in [-0.05, 0) is 24.6 Å². The average Bonchev–Trinajstić information content (AvgIpc) is 2.17. The highest BCUT2D eigenvalue weighted by molar-refractivity contribution is 7.80. The highest BCUT2D eigenvalue weighted by atomic mass is 32.1. The van der Waals surface area contributed by atoms with Crippen LogP contribution >= 0.6 is 12.6 Å². The number of aromatic amines is 1. The lowest BCUT2D eigenvalue weighted by Crippen LogP contribution is -2.00. The lowest BCUT2D eigenvalue weighted by molar-refractivity contribution is 1.11. The van der Waals surface area contributed by atoms with Gasteiger partial charge in [0.25, 0.3) is 0 Å². The molecule has 0 fully saturated rings. The van der Waals surface area contributed by atoms with Gasteiger partial charge in [0.15, 0.2) is 5.43 Å². The topological polar surface area (TPSA) is 32.9 Å². The van der Waals surface area contributed by atoms with E-state index >= 15 is 0 Å². The van der Waals surface area contributed by atoms with Gasteiger partial charge in [0.2, 0.25) is 0 Å². The molecule has 14 heavy (non-hydrogen) atoms. The van der Waals surface area contributed by atoms with Gasteiger partial charge in [0.1, 0.15) is 0 Å². The van der Waals surface area contributed by atoms with E-state index in [9.17, 15) is 4.79 Å². The molecule has 1 aromatic heterocycles. The predicted molar refractivity (Wildman–Crippen MR) is 62.0 cm³/mol. The quantitative estimate of drug-likeness (QED) is 0.689. The Balaban J connectivity index is 2.74. The lowest BCUT2D eigenvalue weighted by Gasteiger charge is -2.05. The van der Waals surface area contributed by atoms with Gasteiger partial charge < -0.3 is 4.98 Å². The molecule has 0 aliphatic carbocycles. The third kappa shape index (κ3) is 1.55. The number of hydrogen-bond donors (Lipinski definition) is 2. The monoisotopic (exact) mass is 205 g/mol. The Morgan fingerprint density at radius 3 is 2.86 bits per heavy atom. The van der Waals surface area contributed by atoms with Crippen molar-refractivity contribution in [3.63, 3.8) is 0 Å². The molecule has 1 aromatic carbocycles. The number of fused-ring (bicyclic) bond motifs is 1. The molecule has 0 saturated carbocycles. The molecular weight excluding hydrogens is 194 g/mol. The second kappa shape index (κ2) is 3.50. The van der Waals surface area contributed by atoms with Gasteiger partial charge in [-0.25, -0.2) is 0 Å². The first-order valence-electron chi connectivity index (χ1n) is 4.48. The molecule has 0 spiro atoms. The molecule has 0 aliphatic heterocycles. The van der Waals surface area contributed by atoms with Crippen molar-refractivity contribution < 1.29 is 0 Å². The van der Waals surface area contributed by atoms with Crippen molar-refractivity contribution in [3.8, 4) is 0 Å². The largest absolute Gasteiger partial charge is 0.361 e. The molecule has 2 aromatic rings. The Hall–Kier alpha value is -1.22. The minimum Gasteiger partial charge on any atom is -0.361 e. The molecule has 1 unspecified atom stereocenters. The van der Waals surface area contributed by atoms with Gasteiger partial charge in [-0.2, -0.15) is 12.6 Å². The Morgan fingerprint density at radius 2 is 2.14 bits per heavy atom. The Labute approximate surface area is 87.4 Å². The average molecular weight is 205 g/mol. The van der Waals surface area contributed by atoms with E-state index < -0.39 is 0 Å². The van der Waals surface area contributed by atoms with Crippen molar-refractivity contribution in [1.82, 2.24) is 4.98 Å². The maximum Gasteiger partial charge on any atom is 0.189 e. The zero-order valence-electron chi connectivity index (χ0n) is 7.82. The fourth-order valence-electron chi connectivity index (χ4n) is 1.45. The SMILES string of the molecule is CC(S)c1ccc2c(=O)cc[nH]c2c1. The fourth-order valence-corrected chi connectivity index (χ4v) is 1.61. The molecule has 2 rings (SSSR count). The molecule has 2 nitrogen and oxygen atoms in total. The minimum atomic E-state index is 0.0529. The number of thiol groups is 1. The zero-order chi connectivity index (χ0) is 10.1. The zero-order valence-corrected chi connectivity index (χ0v) is 8.71. The van der Waals surface area contributed by atoms with Gasteiger partial charge in [0, 0.05) is 28.4 Å². The predicted octanol–water partition coefficient (Wildman–Crippen LogP) is 2.52. The van der Waals surface area contributed by atoms with Gasteiger partial charge in [-0.3, -0.25) is 4.79 Å². The molecule has 0 bridgehead atoms. The number of H-pyrrole nitrogens is 1. The third-order valence-corrected chi connectivity index (χ3v) is 2.56. The number of aromatic nitrogens is 1. The van der Waals surface area contributed by atoms with Crippen LogP contribution in [0.2, 0.25) is 0 Å². The van der Waals surface area contributed by atoms with E-state index in [-0.39, 0.29) is 10.7 Å². The number of rotatable bonds is 1. The van der Waals surface area contributed by atoms with Gasteiger partial charge in [-0.15, -0.1) is 0 Å². The van der Waals surface area contributed by atoms with Crippen LogP contribution in [0.1, 0.15) is 17.7 Å². The van der Waals surface area contributed by atoms with E-state index in [4.69, 9.17) is 0 Å². The van der Waals surface area contributed by atoms with E-state index in [1.54, 1.807) is 6.20 Å². The maximum atomic E-state index is 11.4. The van der Waals surface area contributed by atoms with E-state index in [1.165, 1.54) is 6.07 Å². The molecular formula is C11H11NOS. The van der Waals surface area contributed by atoms with Crippen LogP contribution in [0.5, 0.6) is 0 Å². The summed E-state index contributed by atoms with van der Waals surface area (Å²) in [6.45, 7) is 2.01. The lowest BCUT2D eigenvalue weighted by atomic mass is 10.1. The summed E-state index contributed by atoms with van der Waals surface area (Å²) < 4.78 is 0. The van der Waals surface area contributed by atoms with Crippen molar-refractivity contribution in [3.05, 3.63) is 46.2 Å². The normalized spacial score (nSPS) is 13.0. The summed E-state index contributed by atoms with van der Waals surface area (Å²) in [6, 6.07) is 7.28. The number of hydrogen-bond acceptors (Lipinski definition) is 2. The van der Waals surface area contributed by atoms with Crippen molar-refractivity contribution in [1.29, 1.82) is 0 Å². The van der Waals surface area contributed by atoms with E-state index in [0.717, 1.165) is 16.5 Å². The molecule has 1 atom stereocenters. The van der Waals surface area contributed by atoms with Crippen LogP contribution in [0.3, 0.4) is 0 Å². The van der Waals surface area contributed by atoms with Crippen molar-refractivity contribution in [2.24, 2.45) is 0 Å². The smallest absolute Gasteiger partial charge is 0.189 e. The highest BCUT2D eigenvalue weighted by Crippen LogP contribution is 2.21. The number of benzene rings is 1. The van der Waals surface area contributed by atoms with E-state index in [2.05, 4.69) is 17.6 Å². The fraction of sp³-hybridized carbons (Fsp3) is 0.182. The first kappa shape index (κ1) is 9.34. The second-order valence-electron chi connectivity index (χ2n) is 3.32. The molecule has 0 amide bonds. The molecule has 0 saturated heterocycles. The number of nitrogens with one attached hydrogen (secondary N) is 1. The summed E-state index contributed by atoms with van der Waals surface area (Å²) in [6.07, 6.45) is 1.66. The molecule has 0 radical (unpaired) electrons. The maximum absolute atomic E-state index is 11.4. The van der Waals surface area contributed by atoms with E-state index in [1.807, 2.05) is 25.1 Å². The summed E-state index contributed by atoms with van der Waals surface area (Å²) in [5.74, 6) is 0. The summed E-state index contributed by atoms with van der Waals surface area (Å²) in [5.41, 5.74) is 2.04. The van der Waals surface area contributed by atoms with Crippen LogP contribution in [0.25, 0.3) is 10.9 Å². The first-order chi connectivity index (χ1) is 6.68. The Morgan fingerprint density at radius 1 is 1.36 bits per heavy atom. The molecule has 0 aliphatic rings. The van der Waals surface area contributed by atoms with Crippen molar-refractivity contribution >= 4 is 23.5 Å². The Kier molecular flexibility index (Phi) is 2.33. The highest BCUT2D eigenvalue weighted by Gasteiger charge is 2.02. The van der Waals surface area contributed by atoms with Crippen molar-refractivity contribution in [2.45, 2.75) is 12.2 Å². The standard InChI is InChI=1S/C11H11NOS/c1-7(14)8-2-3-9-10(6-8)12-5-4-11(9)13/h2-7,14H,1H3,(H,12,13). The molecule has 72 valence electrons. The van der Waals surface area contributed by atoms with Crippen molar-refractivity contribution in [2.75, 3.05) is 0 Å².